The summed E-state index contributed by atoms with van der Waals surface area (Å²) in [6.07, 6.45) is 15.1. The predicted molar refractivity (Wildman–Crippen MR) is 105 cm³/mol. The molecule has 1 rings (SSSR count). The molecule has 1 atom stereocenters. The molecule has 1 aliphatic carbocycles. The fourth-order valence-electron chi connectivity index (χ4n) is 2.95. The van der Waals surface area contributed by atoms with E-state index in [0.29, 0.717) is 12.0 Å². The summed E-state index contributed by atoms with van der Waals surface area (Å²) in [5.74, 6) is -0.937. The molecule has 0 saturated carbocycles. The van der Waals surface area contributed by atoms with Crippen LogP contribution in [0.5, 0.6) is 0 Å². The van der Waals surface area contributed by atoms with Crippen LogP contribution < -0.4 is 0 Å². The molecule has 1 aliphatic rings. The molecule has 0 aromatic rings. The molecule has 0 bridgehead atoms. The number of rotatable bonds is 12. The first-order chi connectivity index (χ1) is 12.5. The number of esters is 1. The van der Waals surface area contributed by atoms with E-state index in [-0.39, 0.29) is 22.5 Å². The van der Waals surface area contributed by atoms with Gasteiger partial charge in [-0.1, -0.05) is 62.4 Å². The zero-order valence-electron chi connectivity index (χ0n) is 15.9. The third-order valence-corrected chi connectivity index (χ3v) is 4.91. The van der Waals surface area contributed by atoms with Crippen LogP contribution in [-0.2, 0) is 14.3 Å². The van der Waals surface area contributed by atoms with E-state index in [1.54, 1.807) is 0 Å². The largest absolute Gasteiger partial charge is 0.510 e. The van der Waals surface area contributed by atoms with E-state index in [1.807, 2.05) is 18.2 Å². The second-order valence-electron chi connectivity index (χ2n) is 6.62. The summed E-state index contributed by atoms with van der Waals surface area (Å²) in [5, 5.41) is 10.1. The van der Waals surface area contributed by atoms with Crippen molar-refractivity contribution in [2.45, 2.75) is 71.1 Å². The van der Waals surface area contributed by atoms with Crippen molar-refractivity contribution in [3.8, 4) is 0 Å². The van der Waals surface area contributed by atoms with Crippen molar-refractivity contribution in [3.05, 3.63) is 34.6 Å². The van der Waals surface area contributed by atoms with Crippen LogP contribution in [0, 0.1) is 5.92 Å². The maximum absolute atomic E-state index is 12.2. The van der Waals surface area contributed by atoms with Gasteiger partial charge in [0.25, 0.3) is 0 Å². The van der Waals surface area contributed by atoms with Gasteiger partial charge in [-0.2, -0.15) is 0 Å². The smallest absolute Gasteiger partial charge is 0.305 e. The van der Waals surface area contributed by atoms with Gasteiger partial charge in [0.1, 0.15) is 10.8 Å². The standard InChI is InChI=1S/C21H31ClO4/c1-3-4-5-6-7-10-13-16-17(21(25)19(22)20(16)24)14-11-8-9-12-15-18(23)26-2/h10,13-14,16,24H,3-9,11-12,15H2,1-2H3/b13-10+,17-14-. The topological polar surface area (TPSA) is 63.6 Å². The Hall–Kier alpha value is -1.55. The second kappa shape index (κ2) is 12.7. The van der Waals surface area contributed by atoms with Crippen LogP contribution in [0.25, 0.3) is 0 Å². The minimum Gasteiger partial charge on any atom is -0.510 e. The summed E-state index contributed by atoms with van der Waals surface area (Å²) in [6, 6.07) is 0. The fraction of sp³-hybridized carbons (Fsp3) is 0.619. The highest BCUT2D eigenvalue weighted by atomic mass is 35.5. The summed E-state index contributed by atoms with van der Waals surface area (Å²) in [6.45, 7) is 2.18. The quantitative estimate of drug-likeness (QED) is 0.201. The summed E-state index contributed by atoms with van der Waals surface area (Å²) < 4.78 is 4.61. The van der Waals surface area contributed by atoms with Crippen LogP contribution in [0.4, 0.5) is 0 Å². The predicted octanol–water partition coefficient (Wildman–Crippen LogP) is 5.77. The Kier molecular flexibility index (Phi) is 11.0. The summed E-state index contributed by atoms with van der Waals surface area (Å²) >= 11 is 5.95. The van der Waals surface area contributed by atoms with Gasteiger partial charge in [0.05, 0.1) is 13.0 Å². The SMILES string of the molecule is CCCCCC/C=C/C1C(O)=C(Cl)C(=O)/C1=C\CCCCCC(=O)OC. The van der Waals surface area contributed by atoms with E-state index in [4.69, 9.17) is 11.6 Å². The third kappa shape index (κ3) is 7.36. The van der Waals surface area contributed by atoms with Crippen molar-refractivity contribution in [1.29, 1.82) is 0 Å². The molecule has 0 fully saturated rings. The lowest BCUT2D eigenvalue weighted by atomic mass is 9.97. The number of halogens is 1. The van der Waals surface area contributed by atoms with Crippen molar-refractivity contribution in [2.75, 3.05) is 7.11 Å². The molecule has 26 heavy (non-hydrogen) atoms. The van der Waals surface area contributed by atoms with E-state index in [1.165, 1.54) is 26.4 Å². The highest BCUT2D eigenvalue weighted by Crippen LogP contribution is 2.36. The van der Waals surface area contributed by atoms with E-state index >= 15 is 0 Å². The normalized spacial score (nSPS) is 19.1. The number of aliphatic hydroxyl groups is 1. The number of aliphatic hydroxyl groups excluding tert-OH is 1. The minimum absolute atomic E-state index is 0.0431. The molecule has 0 aliphatic heterocycles. The molecule has 1 N–H and O–H groups in total. The van der Waals surface area contributed by atoms with Gasteiger partial charge in [0, 0.05) is 12.0 Å². The Labute approximate surface area is 161 Å². The van der Waals surface area contributed by atoms with Crippen LogP contribution in [0.2, 0.25) is 0 Å². The number of methoxy groups -OCH3 is 1. The highest BCUT2D eigenvalue weighted by molar-refractivity contribution is 6.46. The van der Waals surface area contributed by atoms with Crippen molar-refractivity contribution >= 4 is 23.4 Å². The van der Waals surface area contributed by atoms with Gasteiger partial charge in [-0.25, -0.2) is 0 Å². The van der Waals surface area contributed by atoms with Crippen molar-refractivity contribution in [2.24, 2.45) is 5.92 Å². The van der Waals surface area contributed by atoms with Gasteiger partial charge >= 0.3 is 5.97 Å². The minimum atomic E-state index is -0.420. The molecule has 4 nitrogen and oxygen atoms in total. The monoisotopic (exact) mass is 382 g/mol. The third-order valence-electron chi connectivity index (χ3n) is 4.55. The van der Waals surface area contributed by atoms with Crippen molar-refractivity contribution in [3.63, 3.8) is 0 Å². The lowest BCUT2D eigenvalue weighted by Crippen LogP contribution is -2.03. The summed E-state index contributed by atoms with van der Waals surface area (Å²) in [4.78, 5) is 23.3. The number of allylic oxidation sites excluding steroid dienone is 4. The highest BCUT2D eigenvalue weighted by Gasteiger charge is 2.34. The summed E-state index contributed by atoms with van der Waals surface area (Å²) in [5.41, 5.74) is 0.560. The molecule has 1 unspecified atom stereocenters. The molecule has 0 radical (unpaired) electrons. The lowest BCUT2D eigenvalue weighted by Gasteiger charge is -2.07. The zero-order chi connectivity index (χ0) is 19.4. The van der Waals surface area contributed by atoms with Crippen LogP contribution in [0.1, 0.15) is 71.1 Å². The molecular formula is C21H31ClO4. The first-order valence-corrected chi connectivity index (χ1v) is 9.97. The zero-order valence-corrected chi connectivity index (χ0v) is 16.7. The van der Waals surface area contributed by atoms with E-state index in [2.05, 4.69) is 11.7 Å². The number of unbranched alkanes of at least 4 members (excludes halogenated alkanes) is 7. The number of ketones is 1. The average molecular weight is 383 g/mol. The van der Waals surface area contributed by atoms with Crippen LogP contribution in [0.15, 0.2) is 34.6 Å². The molecule has 5 heteroatoms. The number of carbonyl (C=O) groups is 2. The number of carbonyl (C=O) groups excluding carboxylic acids is 2. The first kappa shape index (κ1) is 22.5. The Morgan fingerprint density at radius 3 is 2.54 bits per heavy atom. The molecule has 0 spiro atoms. The fourth-order valence-corrected chi connectivity index (χ4v) is 3.18. The Morgan fingerprint density at radius 1 is 1.15 bits per heavy atom. The molecule has 0 saturated heterocycles. The number of Topliss-reactive ketones (excluding diaryl/α,β-unsaturated/α-hetero) is 1. The van der Waals surface area contributed by atoms with E-state index in [9.17, 15) is 14.7 Å². The Bertz CT molecular complexity index is 560. The maximum atomic E-state index is 12.2. The molecule has 0 aromatic carbocycles. The van der Waals surface area contributed by atoms with Gasteiger partial charge < -0.3 is 9.84 Å². The number of ether oxygens (including phenoxy) is 1. The lowest BCUT2D eigenvalue weighted by molar-refractivity contribution is -0.140. The van der Waals surface area contributed by atoms with Crippen LogP contribution >= 0.6 is 11.6 Å². The Balaban J connectivity index is 2.51. The number of hydrogen-bond donors (Lipinski definition) is 1. The summed E-state index contributed by atoms with van der Waals surface area (Å²) in [7, 11) is 1.39. The van der Waals surface area contributed by atoms with E-state index in [0.717, 1.165) is 38.5 Å². The Morgan fingerprint density at radius 2 is 1.85 bits per heavy atom. The first-order valence-electron chi connectivity index (χ1n) is 9.59. The van der Waals surface area contributed by atoms with Gasteiger partial charge in [0.2, 0.25) is 5.78 Å². The van der Waals surface area contributed by atoms with Gasteiger partial charge in [0.15, 0.2) is 0 Å². The van der Waals surface area contributed by atoms with Gasteiger partial charge in [-0.3, -0.25) is 9.59 Å². The van der Waals surface area contributed by atoms with E-state index < -0.39 is 5.92 Å². The molecular weight excluding hydrogens is 352 g/mol. The number of hydrogen-bond acceptors (Lipinski definition) is 4. The molecule has 146 valence electrons. The second-order valence-corrected chi connectivity index (χ2v) is 7.00. The van der Waals surface area contributed by atoms with Gasteiger partial charge in [-0.15, -0.1) is 0 Å². The van der Waals surface area contributed by atoms with Crippen LogP contribution in [-0.4, -0.2) is 24.0 Å². The van der Waals surface area contributed by atoms with Crippen LogP contribution in [0.3, 0.4) is 0 Å². The maximum Gasteiger partial charge on any atom is 0.305 e. The van der Waals surface area contributed by atoms with Gasteiger partial charge in [-0.05, 0) is 32.1 Å². The van der Waals surface area contributed by atoms with Crippen molar-refractivity contribution in [1.82, 2.24) is 0 Å². The van der Waals surface area contributed by atoms with Crippen molar-refractivity contribution < 1.29 is 19.4 Å². The molecule has 0 amide bonds. The molecule has 0 heterocycles. The molecule has 0 aromatic heterocycles. The average Bonchev–Trinajstić information content (AvgIpc) is 2.84.